The molecule has 1 aliphatic carbocycles. The van der Waals surface area contributed by atoms with Crippen LogP contribution in [0.1, 0.15) is 6.42 Å². The molecule has 3 rings (SSSR count). The highest BCUT2D eigenvalue weighted by Gasteiger charge is 2.31. The van der Waals surface area contributed by atoms with E-state index in [2.05, 4.69) is 20.8 Å². The summed E-state index contributed by atoms with van der Waals surface area (Å²) in [6, 6.07) is -0.391. The van der Waals surface area contributed by atoms with E-state index in [9.17, 15) is 4.79 Å². The van der Waals surface area contributed by atoms with Crippen molar-refractivity contribution in [2.75, 3.05) is 6.54 Å². The van der Waals surface area contributed by atoms with Gasteiger partial charge in [0.05, 0.1) is 23.7 Å². The molecule has 5 nitrogen and oxygen atoms in total. The Kier molecular flexibility index (Phi) is 1.87. The largest absolute Gasteiger partial charge is 0.270 e. The zero-order valence-electron chi connectivity index (χ0n) is 8.03. The van der Waals surface area contributed by atoms with Gasteiger partial charge in [-0.3, -0.25) is 15.2 Å². The van der Waals surface area contributed by atoms with Crippen LogP contribution in [0.15, 0.2) is 33.9 Å². The molecule has 2 aliphatic heterocycles. The number of hydrogen-bond acceptors (Lipinski definition) is 4. The fraction of sp³-hybridized carbons (Fsp3) is 0.300. The van der Waals surface area contributed by atoms with Gasteiger partial charge in [0.1, 0.15) is 6.04 Å². The van der Waals surface area contributed by atoms with E-state index in [0.29, 0.717) is 12.3 Å². The summed E-state index contributed by atoms with van der Waals surface area (Å²) in [5.74, 6) is -0.177. The van der Waals surface area contributed by atoms with Crippen LogP contribution >= 0.6 is 0 Å². The quantitative estimate of drug-likeness (QED) is 0.568. The van der Waals surface area contributed by atoms with Crippen LogP contribution in [0.25, 0.3) is 0 Å². The second-order valence-electron chi connectivity index (χ2n) is 3.60. The Hall–Kier alpha value is -1.59. The van der Waals surface area contributed by atoms with Gasteiger partial charge in [-0.1, -0.05) is 12.2 Å². The zero-order chi connectivity index (χ0) is 10.3. The van der Waals surface area contributed by atoms with Crippen LogP contribution in [0.4, 0.5) is 0 Å². The van der Waals surface area contributed by atoms with E-state index in [0.717, 1.165) is 17.8 Å². The third-order valence-electron chi connectivity index (χ3n) is 2.58. The molecule has 1 amide bonds. The number of aliphatic imine (C=N–C) groups is 2. The van der Waals surface area contributed by atoms with Crippen molar-refractivity contribution < 1.29 is 4.79 Å². The first-order valence-electron chi connectivity index (χ1n) is 4.90. The SMILES string of the molecule is O=C1N=C2C=CCC=C2N=C2CNNC12. The Morgan fingerprint density at radius 1 is 1.40 bits per heavy atom. The molecular weight excluding hydrogens is 192 g/mol. The van der Waals surface area contributed by atoms with Gasteiger partial charge in [0.2, 0.25) is 0 Å². The Labute approximate surface area is 86.6 Å². The first-order valence-corrected chi connectivity index (χ1v) is 4.90. The first kappa shape index (κ1) is 8.70. The smallest absolute Gasteiger partial charge is 0.270 e. The van der Waals surface area contributed by atoms with Crippen LogP contribution in [-0.2, 0) is 4.79 Å². The molecule has 5 heteroatoms. The molecule has 0 bridgehead atoms. The number of amides is 1. The maximum atomic E-state index is 11.7. The average molecular weight is 202 g/mol. The minimum Gasteiger partial charge on any atom is -0.270 e. The predicted molar refractivity (Wildman–Crippen MR) is 56.6 cm³/mol. The molecule has 0 spiro atoms. The third-order valence-corrected chi connectivity index (χ3v) is 2.58. The molecule has 1 saturated heterocycles. The molecular formula is C10H10N4O. The highest BCUT2D eigenvalue weighted by Crippen LogP contribution is 2.16. The van der Waals surface area contributed by atoms with E-state index in [1.54, 1.807) is 0 Å². The molecule has 0 aromatic heterocycles. The number of carbonyl (C=O) groups excluding carboxylic acids is 1. The number of allylic oxidation sites excluding steroid dienone is 3. The van der Waals surface area contributed by atoms with Crippen LogP contribution in [0.2, 0.25) is 0 Å². The number of rotatable bonds is 0. The maximum absolute atomic E-state index is 11.7. The number of fused-ring (bicyclic) bond motifs is 2. The van der Waals surface area contributed by atoms with E-state index < -0.39 is 6.04 Å². The van der Waals surface area contributed by atoms with Crippen molar-refractivity contribution in [3.05, 3.63) is 23.9 Å². The summed E-state index contributed by atoms with van der Waals surface area (Å²) in [7, 11) is 0. The molecule has 2 N–H and O–H groups in total. The summed E-state index contributed by atoms with van der Waals surface area (Å²) in [6.45, 7) is 0.597. The molecule has 0 aromatic carbocycles. The normalized spacial score (nSPS) is 28.7. The topological polar surface area (TPSA) is 65.8 Å². The summed E-state index contributed by atoms with van der Waals surface area (Å²) in [4.78, 5) is 20.2. The molecule has 15 heavy (non-hydrogen) atoms. The van der Waals surface area contributed by atoms with Gasteiger partial charge >= 0.3 is 0 Å². The average Bonchev–Trinajstić information content (AvgIpc) is 2.64. The molecule has 1 atom stereocenters. The monoisotopic (exact) mass is 202 g/mol. The highest BCUT2D eigenvalue weighted by molar-refractivity contribution is 6.22. The second-order valence-corrected chi connectivity index (χ2v) is 3.60. The lowest BCUT2D eigenvalue weighted by atomic mass is 10.1. The standard InChI is InChI=1S/C10H10N4O/c15-10-9-8(5-11-14-9)12-6-3-1-2-4-7(6)13-10/h2-4,9,11,14H,1,5H2. The summed E-state index contributed by atoms with van der Waals surface area (Å²) in [5, 5.41) is 0. The minimum atomic E-state index is -0.391. The lowest BCUT2D eigenvalue weighted by Crippen LogP contribution is -2.37. The van der Waals surface area contributed by atoms with Gasteiger partial charge in [0, 0.05) is 0 Å². The lowest BCUT2D eigenvalue weighted by molar-refractivity contribution is -0.118. The van der Waals surface area contributed by atoms with E-state index in [1.165, 1.54) is 0 Å². The van der Waals surface area contributed by atoms with Crippen LogP contribution in [0, 0.1) is 0 Å². The van der Waals surface area contributed by atoms with E-state index in [4.69, 9.17) is 0 Å². The summed E-state index contributed by atoms with van der Waals surface area (Å²) in [6.07, 6.45) is 6.67. The Morgan fingerprint density at radius 2 is 2.33 bits per heavy atom. The summed E-state index contributed by atoms with van der Waals surface area (Å²) in [5.41, 5.74) is 8.08. The molecule has 1 unspecified atom stereocenters. The highest BCUT2D eigenvalue weighted by atomic mass is 16.2. The van der Waals surface area contributed by atoms with Gasteiger partial charge in [-0.2, -0.15) is 0 Å². The maximum Gasteiger partial charge on any atom is 0.270 e. The minimum absolute atomic E-state index is 0.177. The summed E-state index contributed by atoms with van der Waals surface area (Å²) >= 11 is 0. The van der Waals surface area contributed by atoms with Gasteiger partial charge < -0.3 is 0 Å². The Balaban J connectivity index is 2.10. The molecule has 76 valence electrons. The number of hydrazine groups is 1. The molecule has 0 saturated carbocycles. The van der Waals surface area contributed by atoms with E-state index in [1.807, 2.05) is 18.2 Å². The fourth-order valence-corrected chi connectivity index (χ4v) is 1.82. The third kappa shape index (κ3) is 1.36. The van der Waals surface area contributed by atoms with Crippen molar-refractivity contribution in [3.63, 3.8) is 0 Å². The van der Waals surface area contributed by atoms with Gasteiger partial charge in [-0.15, -0.1) is 0 Å². The summed E-state index contributed by atoms with van der Waals surface area (Å²) < 4.78 is 0. The van der Waals surface area contributed by atoms with Gasteiger partial charge in [-0.05, 0) is 12.5 Å². The molecule has 0 aromatic rings. The Bertz CT molecular complexity index is 444. The van der Waals surface area contributed by atoms with Gasteiger partial charge in [-0.25, -0.2) is 10.4 Å². The van der Waals surface area contributed by atoms with Crippen molar-refractivity contribution in [1.29, 1.82) is 0 Å². The van der Waals surface area contributed by atoms with Gasteiger partial charge in [0.15, 0.2) is 0 Å². The molecule has 1 fully saturated rings. The zero-order valence-corrected chi connectivity index (χ0v) is 8.03. The van der Waals surface area contributed by atoms with Crippen molar-refractivity contribution in [1.82, 2.24) is 10.9 Å². The van der Waals surface area contributed by atoms with Crippen LogP contribution in [0.5, 0.6) is 0 Å². The van der Waals surface area contributed by atoms with Crippen molar-refractivity contribution in [2.45, 2.75) is 12.5 Å². The van der Waals surface area contributed by atoms with E-state index >= 15 is 0 Å². The number of nitrogens with zero attached hydrogens (tertiary/aromatic N) is 2. The lowest BCUT2D eigenvalue weighted by Gasteiger charge is -2.04. The molecule has 2 heterocycles. The van der Waals surface area contributed by atoms with E-state index in [-0.39, 0.29) is 5.91 Å². The number of nitrogens with one attached hydrogen (secondary N) is 2. The van der Waals surface area contributed by atoms with Crippen LogP contribution in [0.3, 0.4) is 0 Å². The van der Waals surface area contributed by atoms with Crippen LogP contribution < -0.4 is 10.9 Å². The van der Waals surface area contributed by atoms with Crippen molar-refractivity contribution in [3.8, 4) is 0 Å². The van der Waals surface area contributed by atoms with Crippen LogP contribution in [-0.4, -0.2) is 29.9 Å². The fourth-order valence-electron chi connectivity index (χ4n) is 1.82. The van der Waals surface area contributed by atoms with Crippen molar-refractivity contribution in [2.24, 2.45) is 9.98 Å². The Morgan fingerprint density at radius 3 is 3.27 bits per heavy atom. The predicted octanol–water partition coefficient (Wildman–Crippen LogP) is -0.271. The molecule has 3 aliphatic rings. The number of carbonyl (C=O) groups is 1. The molecule has 0 radical (unpaired) electrons. The first-order chi connectivity index (χ1) is 7.34. The van der Waals surface area contributed by atoms with Gasteiger partial charge in [0.25, 0.3) is 5.91 Å². The van der Waals surface area contributed by atoms with Crippen molar-refractivity contribution >= 4 is 17.3 Å². The number of hydrogen-bond donors (Lipinski definition) is 2. The second kappa shape index (κ2) is 3.22.